The van der Waals surface area contributed by atoms with Gasteiger partial charge in [-0.15, -0.1) is 0 Å². The van der Waals surface area contributed by atoms with Crippen LogP contribution >= 0.6 is 0 Å². The fraction of sp³-hybridized carbons (Fsp3) is 1.00. The summed E-state index contributed by atoms with van der Waals surface area (Å²) in [5.41, 5.74) is -0.992. The summed E-state index contributed by atoms with van der Waals surface area (Å²) in [6.07, 6.45) is 14.1. The third-order valence-corrected chi connectivity index (χ3v) is 5.56. The molecule has 0 saturated heterocycles. The van der Waals surface area contributed by atoms with Crippen LogP contribution in [0.5, 0.6) is 0 Å². The van der Waals surface area contributed by atoms with Gasteiger partial charge in [-0.1, -0.05) is 51.4 Å². The van der Waals surface area contributed by atoms with Gasteiger partial charge in [0.15, 0.2) is 0 Å². The monoisotopic (exact) mass is 286 g/mol. The first-order valence-electron chi connectivity index (χ1n) is 9.04. The minimum Gasteiger partial charge on any atom is -0.247 e. The average Bonchev–Trinajstić information content (AvgIpc) is 2.61. The smallest absolute Gasteiger partial charge is 0.113 e. The van der Waals surface area contributed by atoms with Gasteiger partial charge in [0.25, 0.3) is 0 Å². The largest absolute Gasteiger partial charge is 0.247 e. The molecule has 0 amide bonds. The zero-order valence-corrected chi connectivity index (χ0v) is 13.0. The van der Waals surface area contributed by atoms with Crippen molar-refractivity contribution in [2.24, 2.45) is 5.92 Å². The molecule has 20 heavy (non-hydrogen) atoms. The molecule has 0 aromatic rings. The van der Waals surface area contributed by atoms with Crippen molar-refractivity contribution in [3.63, 3.8) is 0 Å². The maximum Gasteiger partial charge on any atom is 0.113 e. The van der Waals surface area contributed by atoms with Crippen LogP contribution in [0.1, 0.15) is 96.3 Å². The maximum absolute atomic E-state index is 15.5. The summed E-state index contributed by atoms with van der Waals surface area (Å²) in [5, 5.41) is 0. The molecule has 0 radical (unpaired) electrons. The topological polar surface area (TPSA) is 0 Å². The fourth-order valence-electron chi connectivity index (χ4n) is 4.23. The molecule has 2 heteroatoms. The highest BCUT2D eigenvalue weighted by atomic mass is 19.1. The Labute approximate surface area is 123 Å². The summed E-state index contributed by atoms with van der Waals surface area (Å²) in [4.78, 5) is 0. The highest BCUT2D eigenvalue weighted by Crippen LogP contribution is 2.41. The fourth-order valence-corrected chi connectivity index (χ4v) is 4.23. The first-order valence-corrected chi connectivity index (χ1v) is 9.04. The first kappa shape index (κ1) is 16.2. The summed E-state index contributed by atoms with van der Waals surface area (Å²) in [5.74, 6) is 0.247. The zero-order chi connectivity index (χ0) is 14.3. The van der Waals surface area contributed by atoms with Crippen molar-refractivity contribution in [2.45, 2.75) is 108 Å². The van der Waals surface area contributed by atoms with Gasteiger partial charge in [0.2, 0.25) is 0 Å². The van der Waals surface area contributed by atoms with Crippen molar-refractivity contribution in [2.75, 3.05) is 0 Å². The van der Waals surface area contributed by atoms with Crippen LogP contribution in [0.2, 0.25) is 0 Å². The predicted octanol–water partition coefficient (Wildman–Crippen LogP) is 6.53. The molecule has 0 heterocycles. The normalized spacial score (nSPS) is 36.0. The molecule has 2 saturated carbocycles. The van der Waals surface area contributed by atoms with Gasteiger partial charge < -0.3 is 0 Å². The third-order valence-electron chi connectivity index (χ3n) is 5.56. The van der Waals surface area contributed by atoms with E-state index in [4.69, 9.17) is 0 Å². The van der Waals surface area contributed by atoms with Crippen molar-refractivity contribution >= 4 is 0 Å². The van der Waals surface area contributed by atoms with Gasteiger partial charge in [-0.25, -0.2) is 8.78 Å². The standard InChI is InChI=1S/C18H32F2/c19-17-12-7-8-14-18(20,15-9-13-17)16-10-5-3-1-2-4-6-11-16/h16-17H,1-15H2. The van der Waals surface area contributed by atoms with Crippen LogP contribution in [-0.4, -0.2) is 11.8 Å². The maximum atomic E-state index is 15.5. The second kappa shape index (κ2) is 8.34. The third kappa shape index (κ3) is 5.00. The molecule has 2 atom stereocenters. The quantitative estimate of drug-likeness (QED) is 0.514. The van der Waals surface area contributed by atoms with Gasteiger partial charge in [0, 0.05) is 0 Å². The Balaban J connectivity index is 1.96. The molecule has 2 fully saturated rings. The summed E-state index contributed by atoms with van der Waals surface area (Å²) >= 11 is 0. The molecule has 0 aliphatic heterocycles. The molecule has 0 nitrogen and oxygen atoms in total. The molecule has 2 unspecified atom stereocenters. The average molecular weight is 286 g/mol. The molecule has 2 aliphatic rings. The lowest BCUT2D eigenvalue weighted by Gasteiger charge is -2.34. The van der Waals surface area contributed by atoms with Gasteiger partial charge in [-0.2, -0.15) is 0 Å². The van der Waals surface area contributed by atoms with E-state index in [-0.39, 0.29) is 5.92 Å². The molecular formula is C18H32F2. The Hall–Kier alpha value is -0.140. The van der Waals surface area contributed by atoms with Crippen LogP contribution in [0.3, 0.4) is 0 Å². The summed E-state index contributed by atoms with van der Waals surface area (Å²) in [6, 6.07) is 0. The Morgan fingerprint density at radius 1 is 0.600 bits per heavy atom. The van der Waals surface area contributed by atoms with Crippen molar-refractivity contribution < 1.29 is 8.78 Å². The highest BCUT2D eigenvalue weighted by molar-refractivity contribution is 4.88. The minimum absolute atomic E-state index is 0.247. The van der Waals surface area contributed by atoms with E-state index in [1.807, 2.05) is 0 Å². The SMILES string of the molecule is FC1CCCCC(F)(C2CCCCCCCC2)CCC1. The lowest BCUT2D eigenvalue weighted by molar-refractivity contribution is 0.0435. The molecule has 0 N–H and O–H groups in total. The van der Waals surface area contributed by atoms with Crippen LogP contribution in [-0.2, 0) is 0 Å². The van der Waals surface area contributed by atoms with Crippen LogP contribution in [0, 0.1) is 5.92 Å². The summed E-state index contributed by atoms with van der Waals surface area (Å²) in [7, 11) is 0. The van der Waals surface area contributed by atoms with Crippen molar-refractivity contribution in [1.82, 2.24) is 0 Å². The Morgan fingerprint density at radius 3 is 1.80 bits per heavy atom. The van der Waals surface area contributed by atoms with E-state index in [9.17, 15) is 4.39 Å². The van der Waals surface area contributed by atoms with Gasteiger partial charge in [-0.3, -0.25) is 0 Å². The van der Waals surface area contributed by atoms with E-state index in [1.165, 1.54) is 38.5 Å². The van der Waals surface area contributed by atoms with Crippen molar-refractivity contribution in [1.29, 1.82) is 0 Å². The Bertz CT molecular complexity index is 256. The zero-order valence-electron chi connectivity index (χ0n) is 13.0. The number of halogens is 2. The van der Waals surface area contributed by atoms with Gasteiger partial charge in [-0.05, 0) is 50.9 Å². The van der Waals surface area contributed by atoms with Gasteiger partial charge in [0.05, 0.1) is 0 Å². The van der Waals surface area contributed by atoms with E-state index in [0.717, 1.165) is 32.1 Å². The van der Waals surface area contributed by atoms with Crippen LogP contribution < -0.4 is 0 Å². The number of hydrogen-bond acceptors (Lipinski definition) is 0. The predicted molar refractivity (Wildman–Crippen MR) is 81.5 cm³/mol. The highest BCUT2D eigenvalue weighted by Gasteiger charge is 2.38. The van der Waals surface area contributed by atoms with Crippen molar-refractivity contribution in [3.05, 3.63) is 0 Å². The summed E-state index contributed by atoms with van der Waals surface area (Å²) in [6.45, 7) is 0. The van der Waals surface area contributed by atoms with E-state index in [1.54, 1.807) is 0 Å². The summed E-state index contributed by atoms with van der Waals surface area (Å²) < 4.78 is 29.1. The Morgan fingerprint density at radius 2 is 1.10 bits per heavy atom. The molecule has 0 aromatic carbocycles. The molecule has 0 aromatic heterocycles. The number of rotatable bonds is 1. The first-order chi connectivity index (χ1) is 9.71. The second-order valence-corrected chi connectivity index (χ2v) is 7.17. The van der Waals surface area contributed by atoms with Crippen LogP contribution in [0.25, 0.3) is 0 Å². The van der Waals surface area contributed by atoms with Gasteiger partial charge >= 0.3 is 0 Å². The van der Waals surface area contributed by atoms with Crippen LogP contribution in [0.15, 0.2) is 0 Å². The van der Waals surface area contributed by atoms with Crippen LogP contribution in [0.4, 0.5) is 8.78 Å². The second-order valence-electron chi connectivity index (χ2n) is 7.17. The van der Waals surface area contributed by atoms with Crippen molar-refractivity contribution in [3.8, 4) is 0 Å². The van der Waals surface area contributed by atoms with E-state index >= 15 is 4.39 Å². The number of alkyl halides is 2. The number of hydrogen-bond donors (Lipinski definition) is 0. The molecular weight excluding hydrogens is 254 g/mol. The molecule has 2 rings (SSSR count). The molecule has 2 aliphatic carbocycles. The lowest BCUT2D eigenvalue weighted by Crippen LogP contribution is -2.33. The van der Waals surface area contributed by atoms with E-state index < -0.39 is 11.8 Å². The molecule has 0 spiro atoms. The van der Waals surface area contributed by atoms with E-state index in [2.05, 4.69) is 0 Å². The minimum atomic E-state index is -0.992. The Kier molecular flexibility index (Phi) is 6.77. The lowest BCUT2D eigenvalue weighted by atomic mass is 9.76. The van der Waals surface area contributed by atoms with E-state index in [0.29, 0.717) is 25.7 Å². The molecule has 0 bridgehead atoms. The molecule has 118 valence electrons. The van der Waals surface area contributed by atoms with Gasteiger partial charge in [0.1, 0.15) is 11.8 Å².